The molecule has 1 saturated heterocycles. The number of carboxylic acid groups (broad SMARTS) is 1. The van der Waals surface area contributed by atoms with Gasteiger partial charge in [0.2, 0.25) is 0 Å². The van der Waals surface area contributed by atoms with E-state index in [-0.39, 0.29) is 18.4 Å². The lowest BCUT2D eigenvalue weighted by Gasteiger charge is -2.32. The molecule has 3 rings (SSSR count). The van der Waals surface area contributed by atoms with Gasteiger partial charge in [-0.15, -0.1) is 11.3 Å². The first-order valence-corrected chi connectivity index (χ1v) is 8.29. The van der Waals surface area contributed by atoms with E-state index in [0.717, 1.165) is 15.9 Å². The molecule has 1 atom stereocenters. The van der Waals surface area contributed by atoms with Gasteiger partial charge in [-0.3, -0.25) is 9.48 Å². The summed E-state index contributed by atoms with van der Waals surface area (Å²) in [5, 5.41) is 14.7. The lowest BCUT2D eigenvalue weighted by atomic mass is 10.1. The molecule has 1 aliphatic rings. The summed E-state index contributed by atoms with van der Waals surface area (Å²) in [5.74, 6) is -1.04. The number of hydrogen-bond acceptors (Lipinski definition) is 5. The maximum Gasteiger partial charge on any atom is 0.328 e. The lowest BCUT2D eigenvalue weighted by Crippen LogP contribution is -2.52. The number of carbonyl (C=O) groups is 2. The third-order valence-corrected chi connectivity index (χ3v) is 5.16. The zero-order chi connectivity index (χ0) is 16.7. The molecule has 0 radical (unpaired) electrons. The number of fused-ring (bicyclic) bond motifs is 1. The van der Waals surface area contributed by atoms with Gasteiger partial charge in [0.25, 0.3) is 5.91 Å². The monoisotopic (exact) mass is 337 g/mol. The Morgan fingerprint density at radius 1 is 1.48 bits per heavy atom. The third kappa shape index (κ3) is 2.72. The molecule has 23 heavy (non-hydrogen) atoms. The van der Waals surface area contributed by atoms with Crippen molar-refractivity contribution in [2.45, 2.75) is 25.8 Å². The molecule has 3 heterocycles. The first-order chi connectivity index (χ1) is 10.9. The number of rotatable bonds is 3. The summed E-state index contributed by atoms with van der Waals surface area (Å²) in [6.07, 6.45) is 0. The largest absolute Gasteiger partial charge is 0.480 e. The van der Waals surface area contributed by atoms with Crippen molar-refractivity contribution < 1.29 is 19.4 Å². The molecule has 1 aliphatic heterocycles. The highest BCUT2D eigenvalue weighted by Gasteiger charge is 2.34. The maximum atomic E-state index is 12.8. The number of carboxylic acids is 1. The Kier molecular flexibility index (Phi) is 4.11. The molecule has 7 nitrogen and oxygen atoms in total. The van der Waals surface area contributed by atoms with Crippen LogP contribution < -0.4 is 0 Å². The van der Waals surface area contributed by atoms with Gasteiger partial charge in [-0.25, -0.2) is 4.79 Å². The van der Waals surface area contributed by atoms with E-state index in [1.807, 2.05) is 13.1 Å². The van der Waals surface area contributed by atoms with Crippen molar-refractivity contribution in [2.75, 3.05) is 19.8 Å². The molecule has 0 aliphatic carbocycles. The van der Waals surface area contributed by atoms with E-state index in [0.29, 0.717) is 18.0 Å². The fourth-order valence-corrected chi connectivity index (χ4v) is 3.83. The van der Waals surface area contributed by atoms with Crippen molar-refractivity contribution in [1.29, 1.82) is 0 Å². The highest BCUT2D eigenvalue weighted by Crippen LogP contribution is 2.32. The molecule has 0 spiro atoms. The SMILES string of the molecule is CC(C)c1nn(C)c2sc(C(=O)N3CCOC[C@@H]3C(=O)O)cc12. The number of aromatic nitrogens is 2. The molecule has 124 valence electrons. The van der Waals surface area contributed by atoms with Crippen LogP contribution in [0.4, 0.5) is 0 Å². The fourth-order valence-electron chi connectivity index (χ4n) is 2.79. The normalized spacial score (nSPS) is 18.8. The fraction of sp³-hybridized carbons (Fsp3) is 0.533. The smallest absolute Gasteiger partial charge is 0.328 e. The Morgan fingerprint density at radius 2 is 2.22 bits per heavy atom. The average molecular weight is 337 g/mol. The molecule has 0 bridgehead atoms. The Labute approximate surface area is 137 Å². The number of aliphatic carboxylic acids is 1. The first-order valence-electron chi connectivity index (χ1n) is 7.48. The molecular weight excluding hydrogens is 318 g/mol. The molecule has 2 aromatic rings. The lowest BCUT2D eigenvalue weighted by molar-refractivity contribution is -0.147. The van der Waals surface area contributed by atoms with E-state index >= 15 is 0 Å². The van der Waals surface area contributed by atoms with Crippen molar-refractivity contribution in [2.24, 2.45) is 7.05 Å². The summed E-state index contributed by atoms with van der Waals surface area (Å²) in [6.45, 7) is 4.80. The van der Waals surface area contributed by atoms with E-state index in [9.17, 15) is 14.7 Å². The summed E-state index contributed by atoms with van der Waals surface area (Å²) in [7, 11) is 1.85. The van der Waals surface area contributed by atoms with Crippen molar-refractivity contribution in [3.63, 3.8) is 0 Å². The van der Waals surface area contributed by atoms with Gasteiger partial charge in [0.1, 0.15) is 4.83 Å². The van der Waals surface area contributed by atoms with E-state index in [1.165, 1.54) is 16.2 Å². The predicted molar refractivity (Wildman–Crippen MR) is 86.0 cm³/mol. The van der Waals surface area contributed by atoms with Crippen LogP contribution in [0.15, 0.2) is 6.07 Å². The van der Waals surface area contributed by atoms with Gasteiger partial charge in [-0.1, -0.05) is 13.8 Å². The second-order valence-corrected chi connectivity index (χ2v) is 6.95. The van der Waals surface area contributed by atoms with Crippen LogP contribution in [0.3, 0.4) is 0 Å². The van der Waals surface area contributed by atoms with Crippen LogP contribution in [-0.4, -0.2) is 57.5 Å². The number of nitrogens with zero attached hydrogens (tertiary/aromatic N) is 3. The molecule has 0 unspecified atom stereocenters. The zero-order valence-electron chi connectivity index (χ0n) is 13.3. The second-order valence-electron chi connectivity index (χ2n) is 5.92. The van der Waals surface area contributed by atoms with Gasteiger partial charge in [0.05, 0.1) is 23.8 Å². The molecule has 0 aromatic carbocycles. The maximum absolute atomic E-state index is 12.8. The molecule has 0 saturated carbocycles. The number of thiophene rings is 1. The van der Waals surface area contributed by atoms with Crippen LogP contribution in [0.2, 0.25) is 0 Å². The third-order valence-electron chi connectivity index (χ3n) is 3.97. The van der Waals surface area contributed by atoms with Crippen molar-refractivity contribution in [3.05, 3.63) is 16.6 Å². The highest BCUT2D eigenvalue weighted by molar-refractivity contribution is 7.20. The van der Waals surface area contributed by atoms with E-state index in [1.54, 1.807) is 4.68 Å². The van der Waals surface area contributed by atoms with E-state index < -0.39 is 12.0 Å². The van der Waals surface area contributed by atoms with Crippen molar-refractivity contribution in [3.8, 4) is 0 Å². The van der Waals surface area contributed by atoms with Gasteiger partial charge in [0.15, 0.2) is 6.04 Å². The minimum Gasteiger partial charge on any atom is -0.480 e. The van der Waals surface area contributed by atoms with Crippen LogP contribution >= 0.6 is 11.3 Å². The minimum absolute atomic E-state index is 0.0325. The quantitative estimate of drug-likeness (QED) is 0.921. The van der Waals surface area contributed by atoms with Crippen LogP contribution in [0, 0.1) is 0 Å². The van der Waals surface area contributed by atoms with Crippen LogP contribution in [0.25, 0.3) is 10.2 Å². The summed E-state index contributed by atoms with van der Waals surface area (Å²) >= 11 is 1.35. The van der Waals surface area contributed by atoms with Crippen LogP contribution in [-0.2, 0) is 16.6 Å². The number of morpholine rings is 1. The summed E-state index contributed by atoms with van der Waals surface area (Å²) < 4.78 is 6.97. The summed E-state index contributed by atoms with van der Waals surface area (Å²) in [4.78, 5) is 27.0. The zero-order valence-corrected chi connectivity index (χ0v) is 14.1. The summed E-state index contributed by atoms with van der Waals surface area (Å²) in [6, 6.07) is 0.906. The Morgan fingerprint density at radius 3 is 2.87 bits per heavy atom. The molecular formula is C15H19N3O4S. The topological polar surface area (TPSA) is 84.7 Å². The number of hydrogen-bond donors (Lipinski definition) is 1. The summed E-state index contributed by atoms with van der Waals surface area (Å²) in [5.41, 5.74) is 0.953. The first kappa shape index (κ1) is 15.9. The van der Waals surface area contributed by atoms with Crippen molar-refractivity contribution in [1.82, 2.24) is 14.7 Å². The van der Waals surface area contributed by atoms with Gasteiger partial charge < -0.3 is 14.7 Å². The van der Waals surface area contributed by atoms with Gasteiger partial charge in [-0.2, -0.15) is 5.10 Å². The predicted octanol–water partition coefficient (Wildman–Crippen LogP) is 1.68. The molecule has 1 amide bonds. The molecule has 2 aromatic heterocycles. The Hall–Kier alpha value is -1.93. The van der Waals surface area contributed by atoms with Gasteiger partial charge >= 0.3 is 5.97 Å². The minimum atomic E-state index is -1.04. The van der Waals surface area contributed by atoms with Gasteiger partial charge in [-0.05, 0) is 12.0 Å². The number of ether oxygens (including phenoxy) is 1. The Bertz CT molecular complexity index is 764. The standard InChI is InChI=1S/C15H19N3O4S/c1-8(2)12-9-6-11(23-14(9)17(3)16-12)13(19)18-4-5-22-7-10(18)15(20)21/h6,8,10H,4-5,7H2,1-3H3,(H,20,21)/t10-/m1/s1. The van der Waals surface area contributed by atoms with E-state index in [2.05, 4.69) is 18.9 Å². The number of carbonyl (C=O) groups excluding carboxylic acids is 1. The Balaban J connectivity index is 1.97. The van der Waals surface area contributed by atoms with Crippen LogP contribution in [0.5, 0.6) is 0 Å². The van der Waals surface area contributed by atoms with E-state index in [4.69, 9.17) is 4.74 Å². The van der Waals surface area contributed by atoms with Crippen LogP contribution in [0.1, 0.15) is 35.1 Å². The average Bonchev–Trinajstić information content (AvgIpc) is 3.07. The number of aryl methyl sites for hydroxylation is 1. The second kappa shape index (κ2) is 5.93. The highest BCUT2D eigenvalue weighted by atomic mass is 32.1. The molecule has 8 heteroatoms. The number of amides is 1. The van der Waals surface area contributed by atoms with Crippen molar-refractivity contribution >= 4 is 33.4 Å². The van der Waals surface area contributed by atoms with Gasteiger partial charge in [0, 0.05) is 19.0 Å². The molecule has 1 fully saturated rings. The molecule has 1 N–H and O–H groups in total.